The maximum Gasteiger partial charge on any atom is 0.337 e. The van der Waals surface area contributed by atoms with Gasteiger partial charge in [-0.2, -0.15) is 0 Å². The Bertz CT molecular complexity index is 435. The van der Waals surface area contributed by atoms with E-state index in [2.05, 4.69) is 4.98 Å². The number of fused-ring (bicyclic) bond motifs is 1. The van der Waals surface area contributed by atoms with Gasteiger partial charge in [-0.15, -0.1) is 11.3 Å². The maximum atomic E-state index is 10.7. The fourth-order valence-electron chi connectivity index (χ4n) is 1.06. The van der Waals surface area contributed by atoms with Crippen LogP contribution in [0.4, 0.5) is 0 Å². The molecule has 0 aliphatic carbocycles. The third-order valence-electron chi connectivity index (χ3n) is 1.61. The molecule has 2 aromatic heterocycles. The summed E-state index contributed by atoms with van der Waals surface area (Å²) in [6.45, 7) is 0. The molecule has 2 aromatic rings. The summed E-state index contributed by atoms with van der Waals surface area (Å²) in [4.78, 5) is 14.5. The minimum absolute atomic E-state index is 0.272. The van der Waals surface area contributed by atoms with E-state index >= 15 is 0 Å². The molecular weight excluding hydrogens is 174 g/mol. The summed E-state index contributed by atoms with van der Waals surface area (Å²) in [7, 11) is 0. The second-order valence-corrected chi connectivity index (χ2v) is 3.27. The molecule has 0 aliphatic rings. The molecule has 0 spiro atoms. The Kier molecular flexibility index (Phi) is 1.55. The summed E-state index contributed by atoms with van der Waals surface area (Å²) in [5.41, 5.74) is 0.272. The number of carboxylic acid groups (broad SMARTS) is 1. The predicted molar refractivity (Wildman–Crippen MR) is 46.6 cm³/mol. The molecule has 12 heavy (non-hydrogen) atoms. The lowest BCUT2D eigenvalue weighted by Crippen LogP contribution is -1.96. The molecular formula is C8H5NO2S. The first kappa shape index (κ1) is 7.24. The van der Waals surface area contributed by atoms with Crippen LogP contribution in [0.15, 0.2) is 23.8 Å². The highest BCUT2D eigenvalue weighted by atomic mass is 32.1. The van der Waals surface area contributed by atoms with E-state index in [0.29, 0.717) is 0 Å². The van der Waals surface area contributed by atoms with Crippen LogP contribution in [0.5, 0.6) is 0 Å². The van der Waals surface area contributed by atoms with Crippen molar-refractivity contribution >= 4 is 27.4 Å². The molecule has 0 aromatic carbocycles. The minimum atomic E-state index is -0.925. The van der Waals surface area contributed by atoms with Crippen molar-refractivity contribution in [3.05, 3.63) is 29.4 Å². The lowest BCUT2D eigenvalue weighted by atomic mass is 10.2. The van der Waals surface area contributed by atoms with Gasteiger partial charge in [0.1, 0.15) is 0 Å². The first-order chi connectivity index (χ1) is 5.79. The van der Waals surface area contributed by atoms with Gasteiger partial charge < -0.3 is 5.11 Å². The Morgan fingerprint density at radius 1 is 1.50 bits per heavy atom. The number of pyridine rings is 1. The molecule has 60 valence electrons. The number of nitrogens with zero attached hydrogens (tertiary/aromatic N) is 1. The second-order valence-electron chi connectivity index (χ2n) is 2.32. The van der Waals surface area contributed by atoms with Crippen LogP contribution >= 0.6 is 11.3 Å². The monoisotopic (exact) mass is 179 g/mol. The highest BCUT2D eigenvalue weighted by Gasteiger charge is 2.08. The Balaban J connectivity index is 2.82. The van der Waals surface area contributed by atoms with Gasteiger partial charge in [-0.1, -0.05) is 0 Å². The zero-order valence-corrected chi connectivity index (χ0v) is 6.84. The number of hydrogen-bond donors (Lipinski definition) is 1. The zero-order valence-electron chi connectivity index (χ0n) is 6.02. The molecule has 2 heterocycles. The van der Waals surface area contributed by atoms with Crippen molar-refractivity contribution in [3.63, 3.8) is 0 Å². The molecule has 3 nitrogen and oxygen atoms in total. The average Bonchev–Trinajstić information content (AvgIpc) is 2.49. The van der Waals surface area contributed by atoms with Crippen LogP contribution in [0, 0.1) is 0 Å². The summed E-state index contributed by atoms with van der Waals surface area (Å²) in [6, 6.07) is 1.80. The zero-order chi connectivity index (χ0) is 8.55. The lowest BCUT2D eigenvalue weighted by Gasteiger charge is -1.93. The van der Waals surface area contributed by atoms with Crippen molar-refractivity contribution in [2.45, 2.75) is 0 Å². The van der Waals surface area contributed by atoms with Crippen LogP contribution in [-0.4, -0.2) is 16.1 Å². The third kappa shape index (κ3) is 0.967. The quantitative estimate of drug-likeness (QED) is 0.728. The summed E-state index contributed by atoms with van der Waals surface area (Å²) < 4.78 is 0.912. The van der Waals surface area contributed by atoms with Gasteiger partial charge in [-0.3, -0.25) is 4.98 Å². The number of rotatable bonds is 1. The number of hydrogen-bond acceptors (Lipinski definition) is 3. The van der Waals surface area contributed by atoms with Gasteiger partial charge in [0.05, 0.1) is 10.3 Å². The van der Waals surface area contributed by atoms with Gasteiger partial charge in [0.2, 0.25) is 0 Å². The predicted octanol–water partition coefficient (Wildman–Crippen LogP) is 1.99. The van der Waals surface area contributed by atoms with Crippen molar-refractivity contribution < 1.29 is 9.90 Å². The van der Waals surface area contributed by atoms with Gasteiger partial charge in [0.25, 0.3) is 0 Å². The standard InChI is InChI=1S/C8H5NO2S/c10-8(11)6-3-9-4-7-5(6)1-2-12-7/h1-4H,(H,10,11). The largest absolute Gasteiger partial charge is 0.478 e. The first-order valence-electron chi connectivity index (χ1n) is 3.33. The molecule has 0 amide bonds. The first-order valence-corrected chi connectivity index (χ1v) is 4.21. The number of aromatic carboxylic acids is 1. The summed E-state index contributed by atoms with van der Waals surface area (Å²) in [5.74, 6) is -0.925. The molecule has 0 aliphatic heterocycles. The van der Waals surface area contributed by atoms with E-state index in [1.165, 1.54) is 17.5 Å². The Morgan fingerprint density at radius 3 is 3.08 bits per heavy atom. The van der Waals surface area contributed by atoms with Crippen LogP contribution < -0.4 is 0 Å². The fourth-order valence-corrected chi connectivity index (χ4v) is 1.84. The Hall–Kier alpha value is -1.42. The third-order valence-corrected chi connectivity index (χ3v) is 2.46. The summed E-state index contributed by atoms with van der Waals surface area (Å²) in [6.07, 6.45) is 3.05. The van der Waals surface area contributed by atoms with Gasteiger partial charge in [-0.25, -0.2) is 4.79 Å². The molecule has 0 saturated heterocycles. The number of carbonyl (C=O) groups is 1. The SMILES string of the molecule is O=C(O)c1cncc2sccc12. The van der Waals surface area contributed by atoms with E-state index < -0.39 is 5.97 Å². The van der Waals surface area contributed by atoms with Crippen LogP contribution in [-0.2, 0) is 0 Å². The normalized spacial score (nSPS) is 10.3. The smallest absolute Gasteiger partial charge is 0.337 e. The molecule has 2 rings (SSSR count). The van der Waals surface area contributed by atoms with Gasteiger partial charge in [0.15, 0.2) is 0 Å². The van der Waals surface area contributed by atoms with Gasteiger partial charge in [-0.05, 0) is 11.4 Å². The maximum absolute atomic E-state index is 10.7. The topological polar surface area (TPSA) is 50.2 Å². The molecule has 0 atom stereocenters. The van der Waals surface area contributed by atoms with Crippen LogP contribution in [0.3, 0.4) is 0 Å². The van der Waals surface area contributed by atoms with E-state index in [1.807, 2.05) is 5.38 Å². The van der Waals surface area contributed by atoms with E-state index in [-0.39, 0.29) is 5.56 Å². The molecule has 4 heteroatoms. The highest BCUT2D eigenvalue weighted by Crippen LogP contribution is 2.22. The number of aromatic nitrogens is 1. The molecule has 0 bridgehead atoms. The van der Waals surface area contributed by atoms with E-state index in [0.717, 1.165) is 10.1 Å². The fraction of sp³-hybridized carbons (Fsp3) is 0. The average molecular weight is 179 g/mol. The van der Waals surface area contributed by atoms with Crippen molar-refractivity contribution in [1.29, 1.82) is 0 Å². The van der Waals surface area contributed by atoms with E-state index in [1.54, 1.807) is 12.3 Å². The Morgan fingerprint density at radius 2 is 2.33 bits per heavy atom. The Labute approximate surface area is 72.3 Å². The van der Waals surface area contributed by atoms with Crippen LogP contribution in [0.2, 0.25) is 0 Å². The lowest BCUT2D eigenvalue weighted by molar-refractivity contribution is 0.0698. The number of thiophene rings is 1. The molecule has 1 N–H and O–H groups in total. The van der Waals surface area contributed by atoms with Gasteiger partial charge >= 0.3 is 5.97 Å². The second kappa shape index (κ2) is 2.57. The van der Waals surface area contributed by atoms with Crippen LogP contribution in [0.25, 0.3) is 10.1 Å². The van der Waals surface area contributed by atoms with Gasteiger partial charge in [0, 0.05) is 17.8 Å². The summed E-state index contributed by atoms with van der Waals surface area (Å²) >= 11 is 1.49. The van der Waals surface area contributed by atoms with Crippen LogP contribution in [0.1, 0.15) is 10.4 Å². The van der Waals surface area contributed by atoms with Crippen molar-refractivity contribution in [3.8, 4) is 0 Å². The van der Waals surface area contributed by atoms with Crippen molar-refractivity contribution in [1.82, 2.24) is 4.98 Å². The number of carboxylic acids is 1. The van der Waals surface area contributed by atoms with E-state index in [4.69, 9.17) is 5.11 Å². The molecule has 0 fully saturated rings. The highest BCUT2D eigenvalue weighted by molar-refractivity contribution is 7.17. The van der Waals surface area contributed by atoms with E-state index in [9.17, 15) is 4.79 Å². The van der Waals surface area contributed by atoms with Crippen molar-refractivity contribution in [2.75, 3.05) is 0 Å². The van der Waals surface area contributed by atoms with Crippen molar-refractivity contribution in [2.24, 2.45) is 0 Å². The molecule has 0 saturated carbocycles. The molecule has 0 radical (unpaired) electrons. The summed E-state index contributed by atoms with van der Waals surface area (Å²) in [5, 5.41) is 11.4. The minimum Gasteiger partial charge on any atom is -0.478 e. The molecule has 0 unspecified atom stereocenters.